The number of carbonyl (C=O) groups excluding carboxylic acids is 3. The zero-order chi connectivity index (χ0) is 47.9. The summed E-state index contributed by atoms with van der Waals surface area (Å²) in [6, 6.07) is 0. The number of unbranched alkanes of at least 4 members (excludes halogenated alkanes) is 15. The van der Waals surface area contributed by atoms with Gasteiger partial charge in [-0.1, -0.05) is 224 Å². The first-order chi connectivity index (χ1) is 32.5. The molecule has 0 amide bonds. The van der Waals surface area contributed by atoms with Crippen molar-refractivity contribution in [1.82, 2.24) is 0 Å². The molecule has 0 bridgehead atoms. The Balaban J connectivity index is 4.63. The molecule has 66 heavy (non-hydrogen) atoms. The average Bonchev–Trinajstić information content (AvgIpc) is 3.31. The van der Waals surface area contributed by atoms with Gasteiger partial charge >= 0.3 is 17.9 Å². The third-order valence-electron chi connectivity index (χ3n) is 10.2. The third kappa shape index (κ3) is 50.3. The molecule has 0 saturated carbocycles. The SMILES string of the molecule is CC/C=C/C=C/C=C/C=C/C=C/CCCC(=O)OCC(COC(=O)CCCCCCC/C=C/C=C/C=C/CCCCCCC)OC(=O)CCC/C=C/C/C=C/C/C=C/C/C=C/CCCCC. The Morgan fingerprint density at radius 3 is 1.17 bits per heavy atom. The van der Waals surface area contributed by atoms with Gasteiger partial charge in [0, 0.05) is 19.3 Å². The molecule has 1 unspecified atom stereocenters. The molecule has 0 saturated heterocycles. The molecule has 0 aliphatic heterocycles. The molecule has 0 aromatic rings. The van der Waals surface area contributed by atoms with Crippen molar-refractivity contribution in [2.24, 2.45) is 0 Å². The van der Waals surface area contributed by atoms with Gasteiger partial charge in [-0.3, -0.25) is 14.4 Å². The molecule has 0 aromatic heterocycles. The van der Waals surface area contributed by atoms with Crippen molar-refractivity contribution in [3.63, 3.8) is 0 Å². The molecule has 0 aromatic carbocycles. The summed E-state index contributed by atoms with van der Waals surface area (Å²) >= 11 is 0. The van der Waals surface area contributed by atoms with Crippen LogP contribution in [-0.4, -0.2) is 37.2 Å². The maximum absolute atomic E-state index is 12.8. The zero-order valence-electron chi connectivity index (χ0n) is 41.9. The number of carbonyl (C=O) groups is 3. The number of esters is 3. The monoisotopic (exact) mass is 909 g/mol. The average molecular weight is 909 g/mol. The van der Waals surface area contributed by atoms with Gasteiger partial charge in [0.1, 0.15) is 13.2 Å². The lowest BCUT2D eigenvalue weighted by molar-refractivity contribution is -0.167. The topological polar surface area (TPSA) is 78.9 Å². The van der Waals surface area contributed by atoms with Crippen LogP contribution in [0.2, 0.25) is 0 Å². The molecule has 0 heterocycles. The standard InChI is InChI=1S/C60H92O6/c1-4-7-10-13-16-19-22-25-27-29-31-32-35-38-41-44-47-50-53-59(62)65-56-57(55-64-58(61)52-49-46-43-40-37-34-24-21-18-15-12-9-6-3)66-60(63)54-51-48-45-42-39-36-33-30-28-26-23-20-17-14-11-8-5-2/h9,12,15,17-18,20-22,24-29,31-34,36-37,40,42-43,45,57H,4-8,10-11,13-14,16,19,23,30,35,38-39,41,44,46-56H2,1-3H3/b12-9+,18-15+,20-17+,24-21+,25-22+,28-26+,29-27+,32-31+,36-33+,37-34+,43-40+,45-42+. The molecule has 6 heteroatoms. The second-order valence-electron chi connectivity index (χ2n) is 16.5. The Morgan fingerprint density at radius 2 is 0.667 bits per heavy atom. The molecule has 0 N–H and O–H groups in total. The summed E-state index contributed by atoms with van der Waals surface area (Å²) in [5.74, 6) is -1.10. The van der Waals surface area contributed by atoms with Crippen LogP contribution in [0, 0.1) is 0 Å². The van der Waals surface area contributed by atoms with Crippen LogP contribution in [0.5, 0.6) is 0 Å². The van der Waals surface area contributed by atoms with E-state index in [1.165, 1.54) is 57.8 Å². The molecule has 0 spiro atoms. The zero-order valence-corrected chi connectivity index (χ0v) is 41.9. The van der Waals surface area contributed by atoms with Crippen molar-refractivity contribution in [3.8, 4) is 0 Å². The normalized spacial score (nSPS) is 13.3. The van der Waals surface area contributed by atoms with E-state index in [9.17, 15) is 14.4 Å². The van der Waals surface area contributed by atoms with E-state index >= 15 is 0 Å². The Morgan fingerprint density at radius 1 is 0.333 bits per heavy atom. The molecular formula is C60H92O6. The second-order valence-corrected chi connectivity index (χ2v) is 16.5. The summed E-state index contributed by atoms with van der Waals surface area (Å²) in [6.07, 6.45) is 75.5. The number of hydrogen-bond acceptors (Lipinski definition) is 6. The largest absolute Gasteiger partial charge is 0.462 e. The van der Waals surface area contributed by atoms with Crippen LogP contribution in [0.3, 0.4) is 0 Å². The van der Waals surface area contributed by atoms with Crippen molar-refractivity contribution in [1.29, 1.82) is 0 Å². The lowest BCUT2D eigenvalue weighted by Gasteiger charge is -2.18. The number of hydrogen-bond donors (Lipinski definition) is 0. The highest BCUT2D eigenvalue weighted by Gasteiger charge is 2.19. The van der Waals surface area contributed by atoms with E-state index in [0.29, 0.717) is 19.3 Å². The Kier molecular flexibility index (Phi) is 49.1. The van der Waals surface area contributed by atoms with E-state index in [4.69, 9.17) is 14.2 Å². The smallest absolute Gasteiger partial charge is 0.306 e. The van der Waals surface area contributed by atoms with Crippen LogP contribution < -0.4 is 0 Å². The third-order valence-corrected chi connectivity index (χ3v) is 10.2. The second kappa shape index (κ2) is 52.9. The molecular weight excluding hydrogens is 817 g/mol. The van der Waals surface area contributed by atoms with Gasteiger partial charge in [0.05, 0.1) is 0 Å². The first-order valence-corrected chi connectivity index (χ1v) is 25.9. The van der Waals surface area contributed by atoms with E-state index in [-0.39, 0.29) is 38.0 Å². The van der Waals surface area contributed by atoms with E-state index in [2.05, 4.69) is 112 Å². The molecule has 0 aliphatic rings. The Labute approximate surface area is 404 Å². The van der Waals surface area contributed by atoms with Gasteiger partial charge in [-0.05, 0) is 96.3 Å². The molecule has 0 fully saturated rings. The summed E-state index contributed by atoms with van der Waals surface area (Å²) in [5, 5.41) is 0. The maximum Gasteiger partial charge on any atom is 0.306 e. The lowest BCUT2D eigenvalue weighted by atomic mass is 10.1. The first kappa shape index (κ1) is 61.3. The minimum absolute atomic E-state index is 0.139. The summed E-state index contributed by atoms with van der Waals surface area (Å²) in [7, 11) is 0. The highest BCUT2D eigenvalue weighted by Crippen LogP contribution is 2.11. The molecule has 6 nitrogen and oxygen atoms in total. The van der Waals surface area contributed by atoms with Crippen molar-refractivity contribution in [2.75, 3.05) is 13.2 Å². The molecule has 0 rings (SSSR count). The van der Waals surface area contributed by atoms with Gasteiger partial charge in [0.15, 0.2) is 6.10 Å². The van der Waals surface area contributed by atoms with Gasteiger partial charge in [0.25, 0.3) is 0 Å². The summed E-state index contributed by atoms with van der Waals surface area (Å²) in [4.78, 5) is 37.9. The fourth-order valence-electron chi connectivity index (χ4n) is 6.35. The molecule has 0 aliphatic carbocycles. The van der Waals surface area contributed by atoms with E-state index in [1.807, 2.05) is 54.7 Å². The predicted octanol–water partition coefficient (Wildman–Crippen LogP) is 17.3. The number of ether oxygens (including phenoxy) is 3. The van der Waals surface area contributed by atoms with Crippen LogP contribution in [0.4, 0.5) is 0 Å². The summed E-state index contributed by atoms with van der Waals surface area (Å²) < 4.78 is 16.7. The quantitative estimate of drug-likeness (QED) is 0.0199. The van der Waals surface area contributed by atoms with Gasteiger partial charge in [-0.25, -0.2) is 0 Å². The van der Waals surface area contributed by atoms with Crippen LogP contribution in [0.1, 0.15) is 194 Å². The van der Waals surface area contributed by atoms with Crippen LogP contribution in [0.25, 0.3) is 0 Å². The summed E-state index contributed by atoms with van der Waals surface area (Å²) in [5.41, 5.74) is 0. The van der Waals surface area contributed by atoms with Crippen molar-refractivity contribution < 1.29 is 28.6 Å². The number of rotatable bonds is 44. The fraction of sp³-hybridized carbons (Fsp3) is 0.550. The van der Waals surface area contributed by atoms with Crippen molar-refractivity contribution >= 4 is 17.9 Å². The minimum atomic E-state index is -0.850. The molecule has 0 radical (unpaired) electrons. The van der Waals surface area contributed by atoms with Crippen LogP contribution in [0.15, 0.2) is 146 Å². The van der Waals surface area contributed by atoms with Gasteiger partial charge in [0.2, 0.25) is 0 Å². The van der Waals surface area contributed by atoms with Crippen molar-refractivity contribution in [2.45, 2.75) is 200 Å². The highest BCUT2D eigenvalue weighted by atomic mass is 16.6. The van der Waals surface area contributed by atoms with Crippen molar-refractivity contribution in [3.05, 3.63) is 146 Å². The fourth-order valence-corrected chi connectivity index (χ4v) is 6.35. The molecule has 368 valence electrons. The predicted molar refractivity (Wildman–Crippen MR) is 283 cm³/mol. The Hall–Kier alpha value is -4.71. The van der Waals surface area contributed by atoms with Crippen LogP contribution >= 0.6 is 0 Å². The minimum Gasteiger partial charge on any atom is -0.462 e. The maximum atomic E-state index is 12.8. The van der Waals surface area contributed by atoms with E-state index in [0.717, 1.165) is 83.5 Å². The van der Waals surface area contributed by atoms with Gasteiger partial charge in [-0.2, -0.15) is 0 Å². The van der Waals surface area contributed by atoms with Gasteiger partial charge < -0.3 is 14.2 Å². The van der Waals surface area contributed by atoms with Crippen LogP contribution in [-0.2, 0) is 28.6 Å². The first-order valence-electron chi connectivity index (χ1n) is 25.9. The number of allylic oxidation sites excluding steroid dienone is 24. The summed E-state index contributed by atoms with van der Waals surface area (Å²) in [6.45, 7) is 6.29. The van der Waals surface area contributed by atoms with Gasteiger partial charge in [-0.15, -0.1) is 0 Å². The van der Waals surface area contributed by atoms with E-state index in [1.54, 1.807) is 0 Å². The Bertz CT molecular complexity index is 1510. The molecule has 1 atom stereocenters. The van der Waals surface area contributed by atoms with E-state index < -0.39 is 12.1 Å². The lowest BCUT2D eigenvalue weighted by Crippen LogP contribution is -2.30. The highest BCUT2D eigenvalue weighted by molar-refractivity contribution is 5.71.